The van der Waals surface area contributed by atoms with Crippen LogP contribution in [0.5, 0.6) is 0 Å². The van der Waals surface area contributed by atoms with Gasteiger partial charge in [0.25, 0.3) is 0 Å². The zero-order chi connectivity index (χ0) is 10.1. The Bertz CT molecular complexity index is 354. The van der Waals surface area contributed by atoms with Gasteiger partial charge >= 0.3 is 0 Å². The molecule has 0 heterocycles. The van der Waals surface area contributed by atoms with Crippen LogP contribution < -0.4 is 5.32 Å². The standard InChI is InChI=1S/C10H10ClF2N.ClH/c11-7-3-9(13)10(4-8(7)12)14-5-6-1-2-6;/h3-4,6,14H,1-2,5H2;1H. The number of nitrogens with one attached hydrogen (secondary N) is 1. The number of anilines is 1. The van der Waals surface area contributed by atoms with Gasteiger partial charge in [0.05, 0.1) is 10.7 Å². The highest BCUT2D eigenvalue weighted by Gasteiger charge is 2.21. The summed E-state index contributed by atoms with van der Waals surface area (Å²) in [7, 11) is 0. The van der Waals surface area contributed by atoms with E-state index in [0.717, 1.165) is 12.1 Å². The fourth-order valence-corrected chi connectivity index (χ4v) is 1.38. The summed E-state index contributed by atoms with van der Waals surface area (Å²) in [5, 5.41) is 2.69. The van der Waals surface area contributed by atoms with Gasteiger partial charge in [-0.15, -0.1) is 12.4 Å². The number of hydrogen-bond donors (Lipinski definition) is 1. The van der Waals surface area contributed by atoms with Crippen molar-refractivity contribution >= 4 is 29.7 Å². The van der Waals surface area contributed by atoms with E-state index in [1.807, 2.05) is 0 Å². The summed E-state index contributed by atoms with van der Waals surface area (Å²) in [5.74, 6) is -0.475. The third kappa shape index (κ3) is 3.21. The first-order chi connectivity index (χ1) is 6.66. The van der Waals surface area contributed by atoms with Crippen molar-refractivity contribution in [3.05, 3.63) is 28.8 Å². The molecule has 1 fully saturated rings. The van der Waals surface area contributed by atoms with Crippen LogP contribution in [0.1, 0.15) is 12.8 Å². The molecule has 0 spiro atoms. The van der Waals surface area contributed by atoms with Crippen LogP contribution in [-0.2, 0) is 0 Å². The Kier molecular flexibility index (Phi) is 4.17. The predicted octanol–water partition coefficient (Wildman–Crippen LogP) is 3.86. The van der Waals surface area contributed by atoms with Crippen molar-refractivity contribution in [3.8, 4) is 0 Å². The van der Waals surface area contributed by atoms with E-state index in [-0.39, 0.29) is 23.1 Å². The highest BCUT2D eigenvalue weighted by molar-refractivity contribution is 6.30. The maximum atomic E-state index is 13.2. The second-order valence-electron chi connectivity index (χ2n) is 3.57. The summed E-state index contributed by atoms with van der Waals surface area (Å²) < 4.78 is 26.1. The number of hydrogen-bond acceptors (Lipinski definition) is 1. The summed E-state index contributed by atoms with van der Waals surface area (Å²) >= 11 is 5.42. The van der Waals surface area contributed by atoms with Crippen LogP contribution >= 0.6 is 24.0 Å². The lowest BCUT2D eigenvalue weighted by molar-refractivity contribution is 0.602. The lowest BCUT2D eigenvalue weighted by Gasteiger charge is -2.07. The molecule has 0 bridgehead atoms. The summed E-state index contributed by atoms with van der Waals surface area (Å²) in [6, 6.07) is 2.09. The monoisotopic (exact) mass is 253 g/mol. The van der Waals surface area contributed by atoms with E-state index in [2.05, 4.69) is 5.32 Å². The van der Waals surface area contributed by atoms with Gasteiger partial charge in [0.1, 0.15) is 11.6 Å². The van der Waals surface area contributed by atoms with Crippen LogP contribution in [0.3, 0.4) is 0 Å². The highest BCUT2D eigenvalue weighted by Crippen LogP contribution is 2.30. The number of rotatable bonds is 3. The normalized spacial score (nSPS) is 14.6. The van der Waals surface area contributed by atoms with Gasteiger partial charge in [-0.25, -0.2) is 8.78 Å². The molecule has 0 atom stereocenters. The molecule has 84 valence electrons. The molecule has 1 saturated carbocycles. The van der Waals surface area contributed by atoms with Crippen LogP contribution in [0, 0.1) is 17.6 Å². The van der Waals surface area contributed by atoms with E-state index in [9.17, 15) is 8.78 Å². The van der Waals surface area contributed by atoms with Gasteiger partial charge in [-0.1, -0.05) is 11.6 Å². The van der Waals surface area contributed by atoms with E-state index in [0.29, 0.717) is 12.5 Å². The van der Waals surface area contributed by atoms with Crippen LogP contribution in [0.25, 0.3) is 0 Å². The summed E-state index contributed by atoms with van der Waals surface area (Å²) in [6.45, 7) is 0.706. The molecule has 5 heteroatoms. The minimum absolute atomic E-state index is 0. The maximum absolute atomic E-state index is 13.2. The number of halogens is 4. The average molecular weight is 254 g/mol. The van der Waals surface area contributed by atoms with Crippen molar-refractivity contribution in [1.82, 2.24) is 0 Å². The van der Waals surface area contributed by atoms with E-state index >= 15 is 0 Å². The van der Waals surface area contributed by atoms with Gasteiger partial charge in [-0.2, -0.15) is 0 Å². The van der Waals surface area contributed by atoms with E-state index < -0.39 is 11.6 Å². The van der Waals surface area contributed by atoms with Crippen molar-refractivity contribution in [2.75, 3.05) is 11.9 Å². The van der Waals surface area contributed by atoms with Gasteiger partial charge in [0, 0.05) is 12.6 Å². The summed E-state index contributed by atoms with van der Waals surface area (Å²) in [6.07, 6.45) is 2.34. The van der Waals surface area contributed by atoms with Crippen molar-refractivity contribution in [2.24, 2.45) is 5.92 Å². The minimum atomic E-state index is -0.591. The quantitative estimate of drug-likeness (QED) is 0.807. The predicted molar refractivity (Wildman–Crippen MR) is 59.8 cm³/mol. The summed E-state index contributed by atoms with van der Waals surface area (Å²) in [5.41, 5.74) is 0.193. The molecule has 2 rings (SSSR count). The Morgan fingerprint density at radius 1 is 1.27 bits per heavy atom. The molecule has 15 heavy (non-hydrogen) atoms. The molecular weight excluding hydrogens is 243 g/mol. The molecule has 0 aliphatic heterocycles. The zero-order valence-corrected chi connectivity index (χ0v) is 9.47. The third-order valence-corrected chi connectivity index (χ3v) is 2.58. The smallest absolute Gasteiger partial charge is 0.147 e. The lowest BCUT2D eigenvalue weighted by atomic mass is 10.3. The fraction of sp³-hybridized carbons (Fsp3) is 0.400. The largest absolute Gasteiger partial charge is 0.382 e. The molecule has 1 aliphatic rings. The third-order valence-electron chi connectivity index (χ3n) is 2.29. The van der Waals surface area contributed by atoms with Crippen molar-refractivity contribution in [3.63, 3.8) is 0 Å². The van der Waals surface area contributed by atoms with Crippen LogP contribution in [-0.4, -0.2) is 6.54 Å². The molecular formula is C10H11Cl2F2N. The Hall–Kier alpha value is -0.540. The minimum Gasteiger partial charge on any atom is -0.382 e. The van der Waals surface area contributed by atoms with Crippen molar-refractivity contribution in [2.45, 2.75) is 12.8 Å². The molecule has 0 saturated heterocycles. The van der Waals surface area contributed by atoms with Crippen LogP contribution in [0.2, 0.25) is 5.02 Å². The van der Waals surface area contributed by atoms with Gasteiger partial charge in [-0.3, -0.25) is 0 Å². The lowest BCUT2D eigenvalue weighted by Crippen LogP contribution is -2.05. The summed E-state index contributed by atoms with van der Waals surface area (Å²) in [4.78, 5) is 0. The Morgan fingerprint density at radius 2 is 1.93 bits per heavy atom. The highest BCUT2D eigenvalue weighted by atomic mass is 35.5. The SMILES string of the molecule is Cl.Fc1cc(NCC2CC2)c(F)cc1Cl. The van der Waals surface area contributed by atoms with E-state index in [4.69, 9.17) is 11.6 Å². The molecule has 1 nitrogen and oxygen atoms in total. The molecule has 1 aliphatic carbocycles. The first kappa shape index (κ1) is 12.5. The van der Waals surface area contributed by atoms with E-state index in [1.54, 1.807) is 0 Å². The maximum Gasteiger partial charge on any atom is 0.147 e. The molecule has 1 N–H and O–H groups in total. The average Bonchev–Trinajstić information content (AvgIpc) is 2.92. The second kappa shape index (κ2) is 4.99. The Morgan fingerprint density at radius 3 is 2.53 bits per heavy atom. The molecule has 0 unspecified atom stereocenters. The van der Waals surface area contributed by atoms with Crippen molar-refractivity contribution < 1.29 is 8.78 Å². The molecule has 1 aromatic rings. The van der Waals surface area contributed by atoms with Gasteiger partial charge in [-0.05, 0) is 24.8 Å². The zero-order valence-electron chi connectivity index (χ0n) is 7.90. The number of benzene rings is 1. The van der Waals surface area contributed by atoms with Crippen LogP contribution in [0.15, 0.2) is 12.1 Å². The van der Waals surface area contributed by atoms with Gasteiger partial charge in [0.15, 0.2) is 0 Å². The fourth-order valence-electron chi connectivity index (χ4n) is 1.23. The molecule has 0 aromatic heterocycles. The van der Waals surface area contributed by atoms with E-state index in [1.165, 1.54) is 12.8 Å². The molecule has 0 amide bonds. The first-order valence-electron chi connectivity index (χ1n) is 4.55. The van der Waals surface area contributed by atoms with Gasteiger partial charge < -0.3 is 5.32 Å². The second-order valence-corrected chi connectivity index (χ2v) is 3.98. The van der Waals surface area contributed by atoms with Crippen molar-refractivity contribution in [1.29, 1.82) is 0 Å². The van der Waals surface area contributed by atoms with Gasteiger partial charge in [0.2, 0.25) is 0 Å². The van der Waals surface area contributed by atoms with Crippen LogP contribution in [0.4, 0.5) is 14.5 Å². The molecule has 0 radical (unpaired) electrons. The topological polar surface area (TPSA) is 12.0 Å². The molecule has 1 aromatic carbocycles. The first-order valence-corrected chi connectivity index (χ1v) is 4.93. The Balaban J connectivity index is 0.00000112. The Labute approximate surface area is 98.2 Å².